The van der Waals surface area contributed by atoms with Gasteiger partial charge in [0.2, 0.25) is 0 Å². The van der Waals surface area contributed by atoms with E-state index in [1.807, 2.05) is 30.3 Å². The van der Waals surface area contributed by atoms with Gasteiger partial charge in [0.1, 0.15) is 0 Å². The largest absolute Gasteiger partial charge is 0.289 e. The van der Waals surface area contributed by atoms with Gasteiger partial charge in [-0.2, -0.15) is 0 Å². The highest BCUT2D eigenvalue weighted by atomic mass is 16.1. The van der Waals surface area contributed by atoms with Crippen LogP contribution in [0, 0.1) is 0 Å². The van der Waals surface area contributed by atoms with Gasteiger partial charge in [-0.1, -0.05) is 57.2 Å². The van der Waals surface area contributed by atoms with Crippen LogP contribution in [0.15, 0.2) is 42.5 Å². The highest BCUT2D eigenvalue weighted by Crippen LogP contribution is 2.19. The molecule has 0 radical (unpaired) electrons. The van der Waals surface area contributed by atoms with Gasteiger partial charge >= 0.3 is 0 Å². The first-order valence-corrected chi connectivity index (χ1v) is 7.45. The van der Waals surface area contributed by atoms with Crippen molar-refractivity contribution in [2.24, 2.45) is 0 Å². The third-order valence-corrected chi connectivity index (χ3v) is 3.87. The second kappa shape index (κ2) is 6.51. The minimum Gasteiger partial charge on any atom is -0.289 e. The van der Waals surface area contributed by atoms with Crippen molar-refractivity contribution in [3.8, 4) is 0 Å². The monoisotopic (exact) mass is 266 g/mol. The summed E-state index contributed by atoms with van der Waals surface area (Å²) in [4.78, 5) is 12.7. The molecule has 0 unspecified atom stereocenters. The zero-order valence-corrected chi connectivity index (χ0v) is 12.6. The molecule has 0 saturated carbocycles. The summed E-state index contributed by atoms with van der Waals surface area (Å²) in [5.41, 5.74) is 5.39. The van der Waals surface area contributed by atoms with Crippen LogP contribution in [-0.2, 0) is 19.3 Å². The molecule has 20 heavy (non-hydrogen) atoms. The fourth-order valence-electron chi connectivity index (χ4n) is 2.65. The Hall–Kier alpha value is -1.89. The summed E-state index contributed by atoms with van der Waals surface area (Å²) >= 11 is 0. The van der Waals surface area contributed by atoms with E-state index >= 15 is 0 Å². The molecule has 2 aromatic rings. The van der Waals surface area contributed by atoms with E-state index in [0.717, 1.165) is 36.0 Å². The molecule has 104 valence electrons. The molecule has 0 N–H and O–H groups in total. The fourth-order valence-corrected chi connectivity index (χ4v) is 2.65. The lowest BCUT2D eigenvalue weighted by Gasteiger charge is -2.10. The van der Waals surface area contributed by atoms with Gasteiger partial charge in [0, 0.05) is 11.1 Å². The topological polar surface area (TPSA) is 17.1 Å². The highest BCUT2D eigenvalue weighted by Gasteiger charge is 2.13. The van der Waals surface area contributed by atoms with Crippen LogP contribution in [-0.4, -0.2) is 5.78 Å². The molecular formula is C19H22O. The average molecular weight is 266 g/mol. The Balaban J connectivity index is 2.43. The highest BCUT2D eigenvalue weighted by molar-refractivity contribution is 6.10. The van der Waals surface area contributed by atoms with E-state index in [2.05, 4.69) is 32.9 Å². The molecule has 1 nitrogen and oxygen atoms in total. The molecule has 0 spiro atoms. The lowest BCUT2D eigenvalue weighted by molar-refractivity contribution is 0.103. The third kappa shape index (κ3) is 2.82. The third-order valence-electron chi connectivity index (χ3n) is 3.87. The van der Waals surface area contributed by atoms with Gasteiger partial charge in [-0.25, -0.2) is 0 Å². The number of ketones is 1. The Morgan fingerprint density at radius 3 is 2.10 bits per heavy atom. The molecule has 0 aliphatic rings. The molecule has 0 atom stereocenters. The smallest absolute Gasteiger partial charge is 0.193 e. The summed E-state index contributed by atoms with van der Waals surface area (Å²) in [5, 5.41) is 0. The van der Waals surface area contributed by atoms with Gasteiger partial charge in [-0.3, -0.25) is 4.79 Å². The molecule has 0 fully saturated rings. The van der Waals surface area contributed by atoms with Gasteiger partial charge in [0.25, 0.3) is 0 Å². The van der Waals surface area contributed by atoms with E-state index in [9.17, 15) is 4.79 Å². The first kappa shape index (κ1) is 14.5. The molecule has 2 rings (SSSR count). The maximum absolute atomic E-state index is 12.7. The minimum atomic E-state index is 0.139. The van der Waals surface area contributed by atoms with Gasteiger partial charge in [-0.05, 0) is 42.0 Å². The van der Waals surface area contributed by atoms with Crippen molar-refractivity contribution in [2.45, 2.75) is 40.0 Å². The molecule has 0 amide bonds. The number of hydrogen-bond acceptors (Lipinski definition) is 1. The molecule has 0 aliphatic heterocycles. The predicted molar refractivity (Wildman–Crippen MR) is 84.5 cm³/mol. The summed E-state index contributed by atoms with van der Waals surface area (Å²) in [6.07, 6.45) is 2.87. The molecule has 1 heteroatoms. The summed E-state index contributed by atoms with van der Waals surface area (Å²) in [6, 6.07) is 14.0. The van der Waals surface area contributed by atoms with E-state index in [4.69, 9.17) is 0 Å². The lowest BCUT2D eigenvalue weighted by Crippen LogP contribution is -2.06. The summed E-state index contributed by atoms with van der Waals surface area (Å²) in [6.45, 7) is 6.38. The molecular weight excluding hydrogens is 244 g/mol. The minimum absolute atomic E-state index is 0.139. The Morgan fingerprint density at radius 2 is 1.45 bits per heavy atom. The first-order chi connectivity index (χ1) is 9.71. The van der Waals surface area contributed by atoms with E-state index in [0.29, 0.717) is 0 Å². The van der Waals surface area contributed by atoms with Crippen LogP contribution in [0.25, 0.3) is 0 Å². The van der Waals surface area contributed by atoms with Crippen molar-refractivity contribution in [3.05, 3.63) is 70.3 Å². The summed E-state index contributed by atoms with van der Waals surface area (Å²) < 4.78 is 0. The van der Waals surface area contributed by atoms with Crippen LogP contribution >= 0.6 is 0 Å². The Morgan fingerprint density at radius 1 is 0.800 bits per heavy atom. The number of carbonyl (C=O) groups is 1. The second-order valence-electron chi connectivity index (χ2n) is 5.03. The maximum atomic E-state index is 12.7. The Labute approximate surface area is 121 Å². The lowest BCUT2D eigenvalue weighted by atomic mass is 9.93. The van der Waals surface area contributed by atoms with Crippen LogP contribution in [0.2, 0.25) is 0 Å². The van der Waals surface area contributed by atoms with Crippen molar-refractivity contribution in [1.29, 1.82) is 0 Å². The maximum Gasteiger partial charge on any atom is 0.193 e. The predicted octanol–water partition coefficient (Wildman–Crippen LogP) is 4.60. The zero-order chi connectivity index (χ0) is 14.5. The second-order valence-corrected chi connectivity index (χ2v) is 5.03. The van der Waals surface area contributed by atoms with E-state index in [-0.39, 0.29) is 5.78 Å². The summed E-state index contributed by atoms with van der Waals surface area (Å²) in [5.74, 6) is 0.139. The van der Waals surface area contributed by atoms with Crippen LogP contribution in [0.4, 0.5) is 0 Å². The van der Waals surface area contributed by atoms with E-state index in [1.54, 1.807) is 0 Å². The standard InChI is InChI=1S/C19H22O/c1-4-14-11-12-17(13-16(14)6-3)19(20)18-10-8-7-9-15(18)5-2/h7-13H,4-6H2,1-3H3. The molecule has 0 aromatic heterocycles. The molecule has 0 heterocycles. The van der Waals surface area contributed by atoms with Crippen molar-refractivity contribution in [3.63, 3.8) is 0 Å². The molecule has 2 aromatic carbocycles. The van der Waals surface area contributed by atoms with Gasteiger partial charge in [0.15, 0.2) is 5.78 Å². The van der Waals surface area contributed by atoms with Crippen LogP contribution in [0.3, 0.4) is 0 Å². The average Bonchev–Trinajstić information content (AvgIpc) is 2.53. The normalized spacial score (nSPS) is 10.6. The fraction of sp³-hybridized carbons (Fsp3) is 0.316. The van der Waals surface area contributed by atoms with Gasteiger partial charge in [-0.15, -0.1) is 0 Å². The van der Waals surface area contributed by atoms with E-state index in [1.165, 1.54) is 11.1 Å². The number of benzene rings is 2. The van der Waals surface area contributed by atoms with Crippen molar-refractivity contribution in [1.82, 2.24) is 0 Å². The quantitative estimate of drug-likeness (QED) is 0.723. The molecule has 0 aliphatic carbocycles. The number of rotatable bonds is 5. The Bertz CT molecular complexity index is 611. The molecule has 0 saturated heterocycles. The van der Waals surface area contributed by atoms with Gasteiger partial charge < -0.3 is 0 Å². The number of carbonyl (C=O) groups excluding carboxylic acids is 1. The SMILES string of the molecule is CCc1ccc(C(=O)c2ccccc2CC)cc1CC. The van der Waals surface area contributed by atoms with Crippen LogP contribution in [0.5, 0.6) is 0 Å². The first-order valence-electron chi connectivity index (χ1n) is 7.45. The van der Waals surface area contributed by atoms with Crippen LogP contribution in [0.1, 0.15) is 53.4 Å². The van der Waals surface area contributed by atoms with Crippen molar-refractivity contribution >= 4 is 5.78 Å². The van der Waals surface area contributed by atoms with Crippen LogP contribution < -0.4 is 0 Å². The zero-order valence-electron chi connectivity index (χ0n) is 12.6. The molecule has 0 bridgehead atoms. The number of aryl methyl sites for hydroxylation is 3. The van der Waals surface area contributed by atoms with Crippen molar-refractivity contribution in [2.75, 3.05) is 0 Å². The number of hydrogen-bond donors (Lipinski definition) is 0. The van der Waals surface area contributed by atoms with Gasteiger partial charge in [0.05, 0.1) is 0 Å². The van der Waals surface area contributed by atoms with Crippen molar-refractivity contribution < 1.29 is 4.79 Å². The van der Waals surface area contributed by atoms with E-state index < -0.39 is 0 Å². The Kier molecular flexibility index (Phi) is 4.73. The summed E-state index contributed by atoms with van der Waals surface area (Å²) in [7, 11) is 0.